The summed E-state index contributed by atoms with van der Waals surface area (Å²) in [6.45, 7) is 2.72. The fraction of sp³-hybridized carbons (Fsp3) is 0.200. The summed E-state index contributed by atoms with van der Waals surface area (Å²) in [7, 11) is 0. The van der Waals surface area contributed by atoms with E-state index in [0.29, 0.717) is 33.0 Å². The van der Waals surface area contributed by atoms with Gasteiger partial charge in [0, 0.05) is 39.6 Å². The van der Waals surface area contributed by atoms with Crippen LogP contribution in [0, 0.1) is 5.41 Å². The lowest BCUT2D eigenvalue weighted by Gasteiger charge is -2.37. The van der Waals surface area contributed by atoms with Crippen molar-refractivity contribution in [2.75, 3.05) is 4.90 Å². The van der Waals surface area contributed by atoms with Crippen molar-refractivity contribution in [2.45, 2.75) is 31.8 Å². The topological polar surface area (TPSA) is 80.8 Å². The van der Waals surface area contributed by atoms with Crippen molar-refractivity contribution in [3.05, 3.63) is 99.0 Å². The molecule has 2 aliphatic heterocycles. The van der Waals surface area contributed by atoms with E-state index in [1.807, 2.05) is 6.07 Å². The van der Waals surface area contributed by atoms with E-state index in [-0.39, 0.29) is 28.1 Å². The predicted molar refractivity (Wildman–Crippen MR) is 144 cm³/mol. The minimum absolute atomic E-state index is 0.240. The third kappa shape index (κ3) is 3.20. The van der Waals surface area contributed by atoms with Crippen LogP contribution in [-0.4, -0.2) is 35.4 Å². The van der Waals surface area contributed by atoms with E-state index in [4.69, 9.17) is 27.9 Å². The zero-order chi connectivity index (χ0) is 26.9. The third-order valence-corrected chi connectivity index (χ3v) is 8.32. The molecule has 1 saturated heterocycles. The second-order valence-corrected chi connectivity index (χ2v) is 10.6. The lowest BCUT2D eigenvalue weighted by molar-refractivity contribution is -0.131. The standard InChI is InChI=1S/C30H21Cl2NO5/c1-15(34)26-25(21-12-11-18(31)14-22(21)32)30(28(36)19-7-3-4-8-20(19)29(30)37)24-13-10-17-6-5-9-23(38-16(2)35)27(17)33(24)26/h3-14,24-26H,1-2H3/t24?,25-,26-/m0/s1. The Morgan fingerprint density at radius 1 is 0.921 bits per heavy atom. The Labute approximate surface area is 228 Å². The summed E-state index contributed by atoms with van der Waals surface area (Å²) in [4.78, 5) is 56.2. The molecule has 3 aromatic rings. The molecule has 190 valence electrons. The van der Waals surface area contributed by atoms with E-state index in [0.717, 1.165) is 0 Å². The van der Waals surface area contributed by atoms with Crippen molar-refractivity contribution in [1.82, 2.24) is 0 Å². The molecule has 0 amide bonds. The lowest BCUT2D eigenvalue weighted by atomic mass is 9.64. The number of para-hydroxylation sites is 1. The second-order valence-electron chi connectivity index (χ2n) is 9.77. The average molecular weight is 546 g/mol. The molecule has 2 heterocycles. The van der Waals surface area contributed by atoms with Crippen molar-refractivity contribution < 1.29 is 23.9 Å². The van der Waals surface area contributed by atoms with Gasteiger partial charge in [0.05, 0.1) is 17.8 Å². The molecule has 6 rings (SSSR count). The number of ether oxygens (including phenoxy) is 1. The molecule has 3 aromatic carbocycles. The minimum atomic E-state index is -1.69. The van der Waals surface area contributed by atoms with Gasteiger partial charge in [0.25, 0.3) is 0 Å². The van der Waals surface area contributed by atoms with Crippen LogP contribution in [0.2, 0.25) is 10.0 Å². The number of carbonyl (C=O) groups is 4. The second kappa shape index (κ2) is 8.65. The number of hydrogen-bond donors (Lipinski definition) is 0. The van der Waals surface area contributed by atoms with Crippen LogP contribution in [0.1, 0.15) is 51.6 Å². The van der Waals surface area contributed by atoms with Gasteiger partial charge in [-0.2, -0.15) is 0 Å². The van der Waals surface area contributed by atoms with Crippen molar-refractivity contribution in [2.24, 2.45) is 5.41 Å². The van der Waals surface area contributed by atoms with Crippen LogP contribution < -0.4 is 9.64 Å². The Morgan fingerprint density at radius 2 is 1.61 bits per heavy atom. The molecule has 0 bridgehead atoms. The molecule has 1 fully saturated rings. The predicted octanol–water partition coefficient (Wildman–Crippen LogP) is 5.94. The average Bonchev–Trinajstić information content (AvgIpc) is 3.30. The van der Waals surface area contributed by atoms with Crippen LogP contribution in [0.25, 0.3) is 6.08 Å². The van der Waals surface area contributed by atoms with Gasteiger partial charge >= 0.3 is 5.97 Å². The summed E-state index contributed by atoms with van der Waals surface area (Å²) in [6, 6.07) is 15.0. The molecule has 6 nitrogen and oxygen atoms in total. The molecule has 1 aliphatic carbocycles. The number of Topliss-reactive ketones (excluding diaryl/α,β-unsaturated/α-hetero) is 3. The van der Waals surface area contributed by atoms with Gasteiger partial charge in [-0.15, -0.1) is 0 Å². The maximum absolute atomic E-state index is 14.4. The Kier molecular flexibility index (Phi) is 5.60. The number of rotatable bonds is 3. The van der Waals surface area contributed by atoms with Crippen molar-refractivity contribution in [3.8, 4) is 5.75 Å². The van der Waals surface area contributed by atoms with E-state index in [9.17, 15) is 19.2 Å². The van der Waals surface area contributed by atoms with E-state index >= 15 is 0 Å². The Balaban J connectivity index is 1.70. The van der Waals surface area contributed by atoms with Gasteiger partial charge < -0.3 is 9.64 Å². The van der Waals surface area contributed by atoms with Crippen molar-refractivity contribution in [1.29, 1.82) is 0 Å². The zero-order valence-corrected chi connectivity index (χ0v) is 21.9. The fourth-order valence-corrected chi connectivity index (χ4v) is 7.00. The molecule has 38 heavy (non-hydrogen) atoms. The molecule has 0 N–H and O–H groups in total. The molecule has 8 heteroatoms. The molecular formula is C30H21Cl2NO5. The van der Waals surface area contributed by atoms with E-state index < -0.39 is 29.4 Å². The minimum Gasteiger partial charge on any atom is -0.424 e. The van der Waals surface area contributed by atoms with Gasteiger partial charge in [-0.05, 0) is 30.7 Å². The summed E-state index contributed by atoms with van der Waals surface area (Å²) in [6.07, 6.45) is 3.60. The lowest BCUT2D eigenvalue weighted by Crippen LogP contribution is -2.48. The maximum Gasteiger partial charge on any atom is 0.308 e. The van der Waals surface area contributed by atoms with E-state index in [2.05, 4.69) is 0 Å². The maximum atomic E-state index is 14.4. The van der Waals surface area contributed by atoms with Gasteiger partial charge in [-0.25, -0.2) is 0 Å². The third-order valence-electron chi connectivity index (χ3n) is 7.75. The van der Waals surface area contributed by atoms with Gasteiger partial charge in [0.15, 0.2) is 23.1 Å². The fourth-order valence-electron chi connectivity index (χ4n) is 6.47. The summed E-state index contributed by atoms with van der Waals surface area (Å²) >= 11 is 12.9. The Bertz CT molecular complexity index is 1570. The highest BCUT2D eigenvalue weighted by atomic mass is 35.5. The summed E-state index contributed by atoms with van der Waals surface area (Å²) in [5.74, 6) is -2.24. The highest BCUT2D eigenvalue weighted by Gasteiger charge is 2.71. The van der Waals surface area contributed by atoms with Crippen LogP contribution in [0.15, 0.2) is 66.7 Å². The first-order valence-corrected chi connectivity index (χ1v) is 12.9. The largest absolute Gasteiger partial charge is 0.424 e. The number of carbonyl (C=O) groups excluding carboxylic acids is 4. The highest BCUT2D eigenvalue weighted by Crippen LogP contribution is 2.62. The monoisotopic (exact) mass is 545 g/mol. The Hall–Kier alpha value is -3.74. The normalized spacial score (nSPS) is 22.3. The summed E-state index contributed by atoms with van der Waals surface area (Å²) in [5.41, 5.74) is 0.571. The van der Waals surface area contributed by atoms with E-state index in [1.165, 1.54) is 13.8 Å². The summed E-state index contributed by atoms with van der Waals surface area (Å²) in [5, 5.41) is 0.639. The highest BCUT2D eigenvalue weighted by molar-refractivity contribution is 6.36. The first kappa shape index (κ1) is 24.6. The molecule has 3 atom stereocenters. The van der Waals surface area contributed by atoms with Crippen molar-refractivity contribution >= 4 is 58.3 Å². The SMILES string of the molecule is CC(=O)Oc1cccc2c1N1C(C=C2)C2(C(=O)c3ccccc3C2=O)[C@@H](c2ccc(Cl)cc2Cl)[C@@H]1C(C)=O. The number of benzene rings is 3. The smallest absolute Gasteiger partial charge is 0.308 e. The van der Waals surface area contributed by atoms with Gasteiger partial charge in [0.2, 0.25) is 0 Å². The molecular weight excluding hydrogens is 525 g/mol. The number of ketones is 3. The number of hydrogen-bond acceptors (Lipinski definition) is 6. The first-order valence-electron chi connectivity index (χ1n) is 12.1. The van der Waals surface area contributed by atoms with Gasteiger partial charge in [-0.1, -0.05) is 77.8 Å². The summed E-state index contributed by atoms with van der Waals surface area (Å²) < 4.78 is 5.56. The molecule has 1 spiro atoms. The Morgan fingerprint density at radius 3 is 2.21 bits per heavy atom. The molecule has 0 aromatic heterocycles. The van der Waals surface area contributed by atoms with Crippen LogP contribution in [0.4, 0.5) is 5.69 Å². The van der Waals surface area contributed by atoms with Gasteiger partial charge in [0.1, 0.15) is 5.41 Å². The number of fused-ring (bicyclic) bond motifs is 5. The number of anilines is 1. The number of esters is 1. The van der Waals surface area contributed by atoms with Crippen LogP contribution in [-0.2, 0) is 9.59 Å². The van der Waals surface area contributed by atoms with Crippen LogP contribution >= 0.6 is 23.2 Å². The van der Waals surface area contributed by atoms with E-state index in [1.54, 1.807) is 71.6 Å². The van der Waals surface area contributed by atoms with Gasteiger partial charge in [-0.3, -0.25) is 19.2 Å². The molecule has 0 saturated carbocycles. The van der Waals surface area contributed by atoms with Crippen LogP contribution in [0.3, 0.4) is 0 Å². The number of nitrogens with zero attached hydrogens (tertiary/aromatic N) is 1. The molecule has 0 radical (unpaired) electrons. The molecule has 3 aliphatic rings. The number of halogens is 2. The zero-order valence-electron chi connectivity index (χ0n) is 20.4. The van der Waals surface area contributed by atoms with Crippen LogP contribution in [0.5, 0.6) is 5.75 Å². The quantitative estimate of drug-likeness (QED) is 0.230. The molecule has 1 unspecified atom stereocenters. The first-order chi connectivity index (χ1) is 18.2. The van der Waals surface area contributed by atoms with Crippen molar-refractivity contribution in [3.63, 3.8) is 0 Å².